The molecule has 0 aliphatic heterocycles. The van der Waals surface area contributed by atoms with E-state index in [2.05, 4.69) is 24.3 Å². The molecule has 0 saturated carbocycles. The third-order valence-corrected chi connectivity index (χ3v) is 6.46. The van der Waals surface area contributed by atoms with E-state index >= 15 is 0 Å². The molecule has 0 saturated heterocycles. The number of sulfone groups is 1. The summed E-state index contributed by atoms with van der Waals surface area (Å²) in [5.74, 6) is 0.583. The highest BCUT2D eigenvalue weighted by Gasteiger charge is 2.20. The standard InChI is InChI=1S/C26H29NO4S/c1-27(17-10-18-31-23-15-9-16-24(19-23)32(2,29)30)26(28)20-25(21-11-5-3-6-12-21)22-13-7-4-8-14-22/h3-9,11-16,19,25H,10,17-18,20H2,1-2H3. The molecule has 0 bridgehead atoms. The van der Waals surface area contributed by atoms with Gasteiger partial charge in [-0.05, 0) is 35.7 Å². The van der Waals surface area contributed by atoms with Crippen molar-refractivity contribution in [3.8, 4) is 5.75 Å². The number of ether oxygens (including phenoxy) is 1. The fourth-order valence-electron chi connectivity index (χ4n) is 3.54. The van der Waals surface area contributed by atoms with E-state index in [0.29, 0.717) is 31.7 Å². The van der Waals surface area contributed by atoms with Crippen LogP contribution in [0.15, 0.2) is 89.8 Å². The molecular formula is C26H29NO4S. The van der Waals surface area contributed by atoms with Crippen molar-refractivity contribution in [1.82, 2.24) is 4.90 Å². The summed E-state index contributed by atoms with van der Waals surface area (Å²) in [6, 6.07) is 26.6. The molecule has 3 aromatic carbocycles. The number of nitrogens with zero attached hydrogens (tertiary/aromatic N) is 1. The van der Waals surface area contributed by atoms with Crippen LogP contribution in [0.25, 0.3) is 0 Å². The summed E-state index contributed by atoms with van der Waals surface area (Å²) in [6.07, 6.45) is 2.21. The molecule has 0 fully saturated rings. The first kappa shape index (κ1) is 23.5. The number of benzene rings is 3. The lowest BCUT2D eigenvalue weighted by Crippen LogP contribution is -2.30. The van der Waals surface area contributed by atoms with Crippen molar-refractivity contribution in [1.29, 1.82) is 0 Å². The first-order chi connectivity index (χ1) is 15.3. The molecule has 0 radical (unpaired) electrons. The van der Waals surface area contributed by atoms with E-state index in [1.807, 2.05) is 36.4 Å². The number of hydrogen-bond donors (Lipinski definition) is 0. The van der Waals surface area contributed by atoms with Gasteiger partial charge in [0.1, 0.15) is 5.75 Å². The molecule has 0 aromatic heterocycles. The zero-order valence-corrected chi connectivity index (χ0v) is 19.3. The average Bonchev–Trinajstić information content (AvgIpc) is 2.80. The summed E-state index contributed by atoms with van der Waals surface area (Å²) in [7, 11) is -1.47. The van der Waals surface area contributed by atoms with E-state index in [4.69, 9.17) is 4.74 Å². The Labute approximate surface area is 190 Å². The van der Waals surface area contributed by atoms with Gasteiger partial charge in [-0.1, -0.05) is 66.7 Å². The van der Waals surface area contributed by atoms with Crippen LogP contribution in [-0.2, 0) is 14.6 Å². The molecule has 0 aliphatic rings. The molecule has 168 valence electrons. The Balaban J connectivity index is 1.55. The van der Waals surface area contributed by atoms with E-state index in [-0.39, 0.29) is 16.7 Å². The molecule has 3 aromatic rings. The van der Waals surface area contributed by atoms with Crippen LogP contribution in [0.3, 0.4) is 0 Å². The maximum Gasteiger partial charge on any atom is 0.223 e. The second-order valence-corrected chi connectivity index (χ2v) is 9.86. The molecule has 0 atom stereocenters. The Morgan fingerprint density at radius 1 is 0.906 bits per heavy atom. The first-order valence-electron chi connectivity index (χ1n) is 10.6. The molecule has 32 heavy (non-hydrogen) atoms. The molecule has 0 aliphatic carbocycles. The second kappa shape index (κ2) is 11.0. The normalized spacial score (nSPS) is 11.3. The Bertz CT molecular complexity index is 1080. The topological polar surface area (TPSA) is 63.7 Å². The molecule has 0 heterocycles. The molecule has 3 rings (SSSR count). The average molecular weight is 452 g/mol. The summed E-state index contributed by atoms with van der Waals surface area (Å²) in [4.78, 5) is 14.9. The van der Waals surface area contributed by atoms with Gasteiger partial charge < -0.3 is 9.64 Å². The number of rotatable bonds is 10. The third-order valence-electron chi connectivity index (χ3n) is 5.35. The van der Waals surface area contributed by atoms with Crippen molar-refractivity contribution in [2.24, 2.45) is 0 Å². The summed E-state index contributed by atoms with van der Waals surface area (Å²) >= 11 is 0. The zero-order chi connectivity index (χ0) is 23.0. The summed E-state index contributed by atoms with van der Waals surface area (Å²) in [5.41, 5.74) is 2.24. The highest BCUT2D eigenvalue weighted by molar-refractivity contribution is 7.90. The van der Waals surface area contributed by atoms with E-state index in [1.165, 1.54) is 12.3 Å². The van der Waals surface area contributed by atoms with Crippen LogP contribution in [0, 0.1) is 0 Å². The Morgan fingerprint density at radius 3 is 2.06 bits per heavy atom. The van der Waals surface area contributed by atoms with Gasteiger partial charge in [-0.15, -0.1) is 0 Å². The summed E-state index contributed by atoms with van der Waals surface area (Å²) in [5, 5.41) is 0. The van der Waals surface area contributed by atoms with Crippen LogP contribution in [0.4, 0.5) is 0 Å². The quantitative estimate of drug-likeness (QED) is 0.425. The lowest BCUT2D eigenvalue weighted by atomic mass is 9.88. The van der Waals surface area contributed by atoms with Gasteiger partial charge in [0.25, 0.3) is 0 Å². The van der Waals surface area contributed by atoms with Crippen molar-refractivity contribution in [3.63, 3.8) is 0 Å². The predicted molar refractivity (Wildman–Crippen MR) is 127 cm³/mol. The van der Waals surface area contributed by atoms with Gasteiger partial charge in [-0.3, -0.25) is 4.79 Å². The van der Waals surface area contributed by atoms with Crippen molar-refractivity contribution in [2.75, 3.05) is 26.5 Å². The zero-order valence-electron chi connectivity index (χ0n) is 18.5. The monoisotopic (exact) mass is 451 g/mol. The third kappa shape index (κ3) is 6.69. The van der Waals surface area contributed by atoms with Crippen LogP contribution >= 0.6 is 0 Å². The highest BCUT2D eigenvalue weighted by Crippen LogP contribution is 2.28. The van der Waals surface area contributed by atoms with E-state index < -0.39 is 9.84 Å². The fraction of sp³-hybridized carbons (Fsp3) is 0.269. The van der Waals surface area contributed by atoms with Crippen LogP contribution < -0.4 is 4.74 Å². The molecule has 0 N–H and O–H groups in total. The van der Waals surface area contributed by atoms with E-state index in [1.54, 1.807) is 30.1 Å². The smallest absolute Gasteiger partial charge is 0.223 e. The van der Waals surface area contributed by atoms with E-state index in [0.717, 1.165) is 11.1 Å². The van der Waals surface area contributed by atoms with Gasteiger partial charge >= 0.3 is 0 Å². The predicted octanol–water partition coefficient (Wildman–Crippen LogP) is 4.54. The van der Waals surface area contributed by atoms with Gasteiger partial charge in [0, 0.05) is 32.2 Å². The van der Waals surface area contributed by atoms with Crippen molar-refractivity contribution in [2.45, 2.75) is 23.7 Å². The second-order valence-electron chi connectivity index (χ2n) is 7.84. The number of amides is 1. The maximum atomic E-state index is 12.9. The van der Waals surface area contributed by atoms with Crippen molar-refractivity contribution < 1.29 is 17.9 Å². The minimum absolute atomic E-state index is 0.00216. The highest BCUT2D eigenvalue weighted by atomic mass is 32.2. The van der Waals surface area contributed by atoms with Crippen LogP contribution in [0.2, 0.25) is 0 Å². The molecule has 0 spiro atoms. The molecule has 5 nitrogen and oxygen atoms in total. The Hall–Kier alpha value is -3.12. The minimum Gasteiger partial charge on any atom is -0.493 e. The van der Waals surface area contributed by atoms with Crippen LogP contribution in [0.5, 0.6) is 5.75 Å². The first-order valence-corrected chi connectivity index (χ1v) is 12.5. The van der Waals surface area contributed by atoms with Crippen molar-refractivity contribution in [3.05, 3.63) is 96.1 Å². The fourth-order valence-corrected chi connectivity index (χ4v) is 4.20. The summed E-state index contributed by atoms with van der Waals surface area (Å²) < 4.78 is 29.0. The Morgan fingerprint density at radius 2 is 1.50 bits per heavy atom. The number of hydrogen-bond acceptors (Lipinski definition) is 4. The summed E-state index contributed by atoms with van der Waals surface area (Å²) in [6.45, 7) is 0.951. The maximum absolute atomic E-state index is 12.9. The molecular weight excluding hydrogens is 422 g/mol. The molecule has 0 unspecified atom stereocenters. The van der Waals surface area contributed by atoms with Crippen LogP contribution in [0.1, 0.15) is 29.9 Å². The van der Waals surface area contributed by atoms with Gasteiger partial charge in [0.2, 0.25) is 5.91 Å². The SMILES string of the molecule is CN(CCCOc1cccc(S(C)(=O)=O)c1)C(=O)CC(c1ccccc1)c1ccccc1. The Kier molecular flexibility index (Phi) is 8.06. The van der Waals surface area contributed by atoms with Gasteiger partial charge in [0.15, 0.2) is 9.84 Å². The number of carbonyl (C=O) groups excluding carboxylic acids is 1. The molecule has 6 heteroatoms. The van der Waals surface area contributed by atoms with E-state index in [9.17, 15) is 13.2 Å². The minimum atomic E-state index is -3.27. The van der Waals surface area contributed by atoms with Crippen molar-refractivity contribution >= 4 is 15.7 Å². The molecule has 1 amide bonds. The lowest BCUT2D eigenvalue weighted by molar-refractivity contribution is -0.130. The van der Waals surface area contributed by atoms with Gasteiger partial charge in [0.05, 0.1) is 11.5 Å². The van der Waals surface area contributed by atoms with Crippen LogP contribution in [-0.4, -0.2) is 45.7 Å². The van der Waals surface area contributed by atoms with Gasteiger partial charge in [-0.2, -0.15) is 0 Å². The largest absolute Gasteiger partial charge is 0.493 e. The van der Waals surface area contributed by atoms with Gasteiger partial charge in [-0.25, -0.2) is 8.42 Å². The number of carbonyl (C=O) groups is 1. The lowest BCUT2D eigenvalue weighted by Gasteiger charge is -2.22.